The van der Waals surface area contributed by atoms with E-state index in [1.165, 1.54) is 96.3 Å². The molecule has 0 aliphatic rings. The molecule has 0 radical (unpaired) electrons. The van der Waals surface area contributed by atoms with Crippen LogP contribution in [0.1, 0.15) is 120 Å². The Balaban J connectivity index is 1.84. The molecule has 0 saturated carbocycles. The molecule has 0 bridgehead atoms. The van der Waals surface area contributed by atoms with Crippen LogP contribution in [-0.2, 0) is 9.47 Å². The van der Waals surface area contributed by atoms with Crippen molar-refractivity contribution in [2.45, 2.75) is 116 Å². The maximum Gasteiger partial charge on any atom is 0.338 e. The minimum absolute atomic E-state index is 0.225. The zero-order valence-corrected chi connectivity index (χ0v) is 20.6. The van der Waals surface area contributed by atoms with Crippen LogP contribution >= 0.6 is 0 Å². The Morgan fingerprint density at radius 2 is 1.22 bits per heavy atom. The van der Waals surface area contributed by atoms with Crippen LogP contribution in [0.2, 0.25) is 0 Å². The van der Waals surface area contributed by atoms with Gasteiger partial charge in [-0.05, 0) is 18.6 Å². The number of hydrogen-bond donors (Lipinski definition) is 1. The van der Waals surface area contributed by atoms with E-state index in [4.69, 9.17) is 9.47 Å². The number of benzene rings is 1. The number of esters is 1. The first-order chi connectivity index (χ1) is 15.8. The van der Waals surface area contributed by atoms with E-state index in [-0.39, 0.29) is 13.2 Å². The molecule has 1 rings (SSSR count). The summed E-state index contributed by atoms with van der Waals surface area (Å²) in [5.74, 6) is -0.421. The Bertz CT molecular complexity index is 531. The highest BCUT2D eigenvalue weighted by Gasteiger charge is 2.15. The van der Waals surface area contributed by atoms with Crippen molar-refractivity contribution in [2.24, 2.45) is 0 Å². The van der Waals surface area contributed by atoms with Gasteiger partial charge in [-0.25, -0.2) is 4.79 Å². The zero-order valence-electron chi connectivity index (χ0n) is 20.6. The number of aliphatic hydroxyl groups excluding tert-OH is 1. The molecular weight excluding hydrogens is 400 g/mol. The summed E-state index contributed by atoms with van der Waals surface area (Å²) in [5, 5.41) is 9.41. The van der Waals surface area contributed by atoms with E-state index in [2.05, 4.69) is 6.92 Å². The second-order valence-corrected chi connectivity index (χ2v) is 8.95. The molecule has 0 heterocycles. The van der Waals surface area contributed by atoms with Crippen LogP contribution in [0.15, 0.2) is 30.3 Å². The lowest BCUT2D eigenvalue weighted by molar-refractivity contribution is -0.0243. The van der Waals surface area contributed by atoms with Crippen LogP contribution in [-0.4, -0.2) is 37.0 Å². The second kappa shape index (κ2) is 21.5. The summed E-state index contributed by atoms with van der Waals surface area (Å²) < 4.78 is 10.9. The first-order valence-electron chi connectivity index (χ1n) is 13.2. The Morgan fingerprint density at radius 1 is 0.750 bits per heavy atom. The molecule has 4 heteroatoms. The fourth-order valence-corrected chi connectivity index (χ4v) is 3.88. The molecule has 0 spiro atoms. The smallest absolute Gasteiger partial charge is 0.338 e. The number of carbonyl (C=O) groups excluding carboxylic acids is 1. The van der Waals surface area contributed by atoms with Crippen molar-refractivity contribution in [1.29, 1.82) is 0 Å². The van der Waals surface area contributed by atoms with E-state index >= 15 is 0 Å². The van der Waals surface area contributed by atoms with Crippen molar-refractivity contribution in [3.05, 3.63) is 35.9 Å². The van der Waals surface area contributed by atoms with Gasteiger partial charge >= 0.3 is 5.97 Å². The molecule has 1 atom stereocenters. The van der Waals surface area contributed by atoms with Crippen LogP contribution in [0.25, 0.3) is 0 Å². The quantitative estimate of drug-likeness (QED) is 0.147. The standard InChI is InChI=1S/C28H48O4/c1-2-3-4-5-6-7-8-9-10-11-12-13-14-15-16-20-23-31-25-27(24-29)32-28(30)26-21-18-17-19-22-26/h17-19,21-22,27,29H,2-16,20,23-25H2,1H3. The average molecular weight is 449 g/mol. The van der Waals surface area contributed by atoms with Gasteiger partial charge in [0.2, 0.25) is 0 Å². The van der Waals surface area contributed by atoms with Gasteiger partial charge < -0.3 is 14.6 Å². The van der Waals surface area contributed by atoms with Gasteiger partial charge in [-0.15, -0.1) is 0 Å². The van der Waals surface area contributed by atoms with E-state index < -0.39 is 12.1 Å². The first kappa shape index (κ1) is 28.6. The average Bonchev–Trinajstić information content (AvgIpc) is 2.83. The summed E-state index contributed by atoms with van der Waals surface area (Å²) in [6, 6.07) is 8.83. The van der Waals surface area contributed by atoms with Crippen LogP contribution in [0.4, 0.5) is 0 Å². The van der Waals surface area contributed by atoms with E-state index in [1.807, 2.05) is 6.07 Å². The summed E-state index contributed by atoms with van der Waals surface area (Å²) in [7, 11) is 0. The Hall–Kier alpha value is -1.39. The zero-order chi connectivity index (χ0) is 23.1. The number of ether oxygens (including phenoxy) is 2. The van der Waals surface area contributed by atoms with Gasteiger partial charge in [0.1, 0.15) is 6.10 Å². The SMILES string of the molecule is CCCCCCCCCCCCCCCCCCOCC(CO)OC(=O)c1ccccc1. The summed E-state index contributed by atoms with van der Waals surface area (Å²) >= 11 is 0. The largest absolute Gasteiger partial charge is 0.454 e. The van der Waals surface area contributed by atoms with Gasteiger partial charge in [0, 0.05) is 6.61 Å². The lowest BCUT2D eigenvalue weighted by atomic mass is 10.0. The van der Waals surface area contributed by atoms with E-state index in [9.17, 15) is 9.90 Å². The molecule has 0 aliphatic heterocycles. The molecule has 32 heavy (non-hydrogen) atoms. The number of hydrogen-bond acceptors (Lipinski definition) is 4. The molecule has 0 fully saturated rings. The Labute approximate surface area is 197 Å². The van der Waals surface area contributed by atoms with Gasteiger partial charge in [0.25, 0.3) is 0 Å². The van der Waals surface area contributed by atoms with Gasteiger partial charge in [0.15, 0.2) is 0 Å². The normalized spacial score (nSPS) is 12.1. The Kier molecular flexibility index (Phi) is 19.2. The first-order valence-corrected chi connectivity index (χ1v) is 13.2. The number of unbranched alkanes of at least 4 members (excludes halogenated alkanes) is 15. The number of rotatable bonds is 22. The highest BCUT2D eigenvalue weighted by Crippen LogP contribution is 2.14. The van der Waals surface area contributed by atoms with Crippen LogP contribution < -0.4 is 0 Å². The van der Waals surface area contributed by atoms with Gasteiger partial charge in [-0.2, -0.15) is 0 Å². The van der Waals surface area contributed by atoms with Crippen molar-refractivity contribution < 1.29 is 19.4 Å². The maximum absolute atomic E-state index is 12.0. The van der Waals surface area contributed by atoms with Crippen molar-refractivity contribution in [3.8, 4) is 0 Å². The summed E-state index contributed by atoms with van der Waals surface area (Å²) in [4.78, 5) is 12.0. The molecule has 1 N–H and O–H groups in total. The third-order valence-electron chi connectivity index (χ3n) is 5.93. The lowest BCUT2D eigenvalue weighted by Gasteiger charge is -2.15. The van der Waals surface area contributed by atoms with Crippen molar-refractivity contribution in [3.63, 3.8) is 0 Å². The monoisotopic (exact) mass is 448 g/mol. The predicted octanol–water partition coefficient (Wildman–Crippen LogP) is 7.48. The predicted molar refractivity (Wildman–Crippen MR) is 133 cm³/mol. The van der Waals surface area contributed by atoms with Crippen LogP contribution in [0, 0.1) is 0 Å². The van der Waals surface area contributed by atoms with Crippen LogP contribution in [0.3, 0.4) is 0 Å². The molecular formula is C28H48O4. The van der Waals surface area contributed by atoms with Crippen molar-refractivity contribution in [2.75, 3.05) is 19.8 Å². The molecule has 0 aromatic heterocycles. The minimum Gasteiger partial charge on any atom is -0.454 e. The van der Waals surface area contributed by atoms with Gasteiger partial charge in [-0.1, -0.05) is 121 Å². The fraction of sp³-hybridized carbons (Fsp3) is 0.750. The highest BCUT2D eigenvalue weighted by atomic mass is 16.6. The molecule has 184 valence electrons. The highest BCUT2D eigenvalue weighted by molar-refractivity contribution is 5.89. The molecule has 1 aromatic carbocycles. The molecule has 4 nitrogen and oxygen atoms in total. The molecule has 0 amide bonds. The van der Waals surface area contributed by atoms with E-state index in [1.54, 1.807) is 24.3 Å². The van der Waals surface area contributed by atoms with Crippen molar-refractivity contribution >= 4 is 5.97 Å². The topological polar surface area (TPSA) is 55.8 Å². The Morgan fingerprint density at radius 3 is 1.69 bits per heavy atom. The number of aliphatic hydroxyl groups is 1. The van der Waals surface area contributed by atoms with Gasteiger partial charge in [0.05, 0.1) is 18.8 Å². The van der Waals surface area contributed by atoms with Gasteiger partial charge in [-0.3, -0.25) is 0 Å². The van der Waals surface area contributed by atoms with Crippen LogP contribution in [0.5, 0.6) is 0 Å². The molecule has 0 saturated heterocycles. The molecule has 1 unspecified atom stereocenters. The van der Waals surface area contributed by atoms with Crippen molar-refractivity contribution in [1.82, 2.24) is 0 Å². The lowest BCUT2D eigenvalue weighted by Crippen LogP contribution is -2.27. The van der Waals surface area contributed by atoms with E-state index in [0.717, 1.165) is 6.42 Å². The minimum atomic E-state index is -0.608. The molecule has 0 aliphatic carbocycles. The number of carbonyl (C=O) groups is 1. The fourth-order valence-electron chi connectivity index (χ4n) is 3.88. The third kappa shape index (κ3) is 16.3. The third-order valence-corrected chi connectivity index (χ3v) is 5.93. The summed E-state index contributed by atoms with van der Waals surface area (Å²) in [5.41, 5.74) is 0.490. The molecule has 1 aromatic rings. The van der Waals surface area contributed by atoms with E-state index in [0.29, 0.717) is 12.2 Å². The summed E-state index contributed by atoms with van der Waals surface area (Å²) in [6.45, 7) is 2.95. The summed E-state index contributed by atoms with van der Waals surface area (Å²) in [6.07, 6.45) is 21.0. The maximum atomic E-state index is 12.0. The second-order valence-electron chi connectivity index (χ2n) is 8.95.